The third-order valence-electron chi connectivity index (χ3n) is 2.70. The number of hydrogen-bond donors (Lipinski definition) is 3. The third kappa shape index (κ3) is 3.03. The van der Waals surface area contributed by atoms with Gasteiger partial charge in [0.25, 0.3) is 0 Å². The van der Waals surface area contributed by atoms with Crippen LogP contribution in [0.15, 0.2) is 36.4 Å². The fourth-order valence-corrected chi connectivity index (χ4v) is 1.76. The molecule has 0 saturated carbocycles. The SMILES string of the molecule is O=C(O)c1cccc(CNc2cc(F)cc(F)c2)c1O. The van der Waals surface area contributed by atoms with Gasteiger partial charge in [-0.05, 0) is 18.2 Å². The topological polar surface area (TPSA) is 69.6 Å². The van der Waals surface area contributed by atoms with Gasteiger partial charge in [-0.3, -0.25) is 0 Å². The summed E-state index contributed by atoms with van der Waals surface area (Å²) in [5, 5.41) is 21.4. The number of anilines is 1. The van der Waals surface area contributed by atoms with Crippen molar-refractivity contribution in [3.8, 4) is 5.75 Å². The summed E-state index contributed by atoms with van der Waals surface area (Å²) in [7, 11) is 0. The van der Waals surface area contributed by atoms with Crippen molar-refractivity contribution in [1.29, 1.82) is 0 Å². The maximum absolute atomic E-state index is 13.0. The van der Waals surface area contributed by atoms with Crippen LogP contribution in [-0.2, 0) is 6.54 Å². The van der Waals surface area contributed by atoms with Crippen molar-refractivity contribution < 1.29 is 23.8 Å². The molecule has 0 aromatic heterocycles. The zero-order chi connectivity index (χ0) is 14.7. The third-order valence-corrected chi connectivity index (χ3v) is 2.70. The first-order chi connectivity index (χ1) is 9.47. The molecule has 0 aliphatic carbocycles. The van der Waals surface area contributed by atoms with Crippen LogP contribution >= 0.6 is 0 Å². The number of halogens is 2. The Hall–Kier alpha value is -2.63. The maximum Gasteiger partial charge on any atom is 0.339 e. The molecule has 104 valence electrons. The highest BCUT2D eigenvalue weighted by atomic mass is 19.1. The van der Waals surface area contributed by atoms with Crippen LogP contribution in [0.25, 0.3) is 0 Å². The Morgan fingerprint density at radius 1 is 1.15 bits per heavy atom. The number of carboxylic acid groups (broad SMARTS) is 1. The van der Waals surface area contributed by atoms with Crippen molar-refractivity contribution in [1.82, 2.24) is 0 Å². The quantitative estimate of drug-likeness (QED) is 0.804. The Balaban J connectivity index is 2.19. The largest absolute Gasteiger partial charge is 0.507 e. The summed E-state index contributed by atoms with van der Waals surface area (Å²) in [6, 6.07) is 7.20. The van der Waals surface area contributed by atoms with Crippen molar-refractivity contribution in [3.63, 3.8) is 0 Å². The van der Waals surface area contributed by atoms with E-state index in [1.807, 2.05) is 0 Å². The highest BCUT2D eigenvalue weighted by Crippen LogP contribution is 2.23. The molecule has 4 nitrogen and oxygen atoms in total. The number of aromatic hydroxyl groups is 1. The summed E-state index contributed by atoms with van der Waals surface area (Å²) in [5.41, 5.74) is 0.284. The molecule has 0 aliphatic rings. The molecule has 20 heavy (non-hydrogen) atoms. The zero-order valence-corrected chi connectivity index (χ0v) is 10.2. The molecule has 2 rings (SSSR count). The van der Waals surface area contributed by atoms with Crippen molar-refractivity contribution >= 4 is 11.7 Å². The van der Waals surface area contributed by atoms with Gasteiger partial charge in [0.15, 0.2) is 0 Å². The molecule has 0 unspecified atom stereocenters. The molecule has 0 amide bonds. The smallest absolute Gasteiger partial charge is 0.339 e. The molecular formula is C14H11F2NO3. The molecule has 0 heterocycles. The maximum atomic E-state index is 13.0. The lowest BCUT2D eigenvalue weighted by Gasteiger charge is -2.10. The van der Waals surface area contributed by atoms with Crippen LogP contribution in [0.4, 0.5) is 14.5 Å². The second-order valence-electron chi connectivity index (χ2n) is 4.13. The second kappa shape index (κ2) is 5.56. The number of rotatable bonds is 4. The van der Waals surface area contributed by atoms with Gasteiger partial charge in [-0.25, -0.2) is 13.6 Å². The average molecular weight is 279 g/mol. The van der Waals surface area contributed by atoms with Gasteiger partial charge in [0.1, 0.15) is 22.9 Å². The van der Waals surface area contributed by atoms with Crippen LogP contribution < -0.4 is 5.32 Å². The predicted octanol–water partition coefficient (Wildman–Crippen LogP) is 2.98. The summed E-state index contributed by atoms with van der Waals surface area (Å²) >= 11 is 0. The van der Waals surface area contributed by atoms with Crippen LogP contribution in [0.1, 0.15) is 15.9 Å². The second-order valence-corrected chi connectivity index (χ2v) is 4.13. The molecule has 0 bridgehead atoms. The van der Waals surface area contributed by atoms with Crippen LogP contribution in [0.2, 0.25) is 0 Å². The van der Waals surface area contributed by atoms with Crippen molar-refractivity contribution in [2.45, 2.75) is 6.54 Å². The van der Waals surface area contributed by atoms with Crippen LogP contribution in [0.3, 0.4) is 0 Å². The van der Waals surface area contributed by atoms with E-state index < -0.39 is 17.6 Å². The highest BCUT2D eigenvalue weighted by molar-refractivity contribution is 5.91. The zero-order valence-electron chi connectivity index (χ0n) is 10.2. The molecule has 0 saturated heterocycles. The van der Waals surface area contributed by atoms with Gasteiger partial charge in [-0.15, -0.1) is 0 Å². The first-order valence-electron chi connectivity index (χ1n) is 5.71. The van der Waals surface area contributed by atoms with Gasteiger partial charge in [0.05, 0.1) is 0 Å². The van der Waals surface area contributed by atoms with E-state index in [1.54, 1.807) is 0 Å². The number of nitrogens with one attached hydrogen (secondary N) is 1. The molecule has 2 aromatic rings. The molecule has 0 spiro atoms. The first kappa shape index (κ1) is 13.8. The van der Waals surface area contributed by atoms with Crippen molar-refractivity contribution in [3.05, 3.63) is 59.2 Å². The van der Waals surface area contributed by atoms with Gasteiger partial charge in [-0.2, -0.15) is 0 Å². The number of benzene rings is 2. The van der Waals surface area contributed by atoms with Gasteiger partial charge >= 0.3 is 5.97 Å². The van der Waals surface area contributed by atoms with Crippen LogP contribution in [0, 0.1) is 11.6 Å². The van der Waals surface area contributed by atoms with Gasteiger partial charge < -0.3 is 15.5 Å². The molecule has 3 N–H and O–H groups in total. The Bertz CT molecular complexity index is 639. The summed E-state index contributed by atoms with van der Waals surface area (Å²) in [6.07, 6.45) is 0. The molecule has 0 aliphatic heterocycles. The number of hydrogen-bond acceptors (Lipinski definition) is 3. The first-order valence-corrected chi connectivity index (χ1v) is 5.71. The minimum atomic E-state index is -1.25. The molecule has 2 aromatic carbocycles. The average Bonchev–Trinajstić information content (AvgIpc) is 2.36. The Kier molecular flexibility index (Phi) is 3.84. The normalized spacial score (nSPS) is 10.3. The van der Waals surface area contributed by atoms with E-state index in [0.717, 1.165) is 18.2 Å². The van der Waals surface area contributed by atoms with E-state index in [0.29, 0.717) is 5.56 Å². The standard InChI is InChI=1S/C14H11F2NO3/c15-9-4-10(16)6-11(5-9)17-7-8-2-1-3-12(13(8)18)14(19)20/h1-6,17-18H,7H2,(H,19,20). The number of para-hydroxylation sites is 1. The highest BCUT2D eigenvalue weighted by Gasteiger charge is 2.12. The Morgan fingerprint density at radius 2 is 1.80 bits per heavy atom. The van der Waals surface area contributed by atoms with Gasteiger partial charge in [-0.1, -0.05) is 12.1 Å². The number of phenols is 1. The van der Waals surface area contributed by atoms with E-state index in [2.05, 4.69) is 5.32 Å². The Labute approximate surface area is 113 Å². The molecule has 6 heteroatoms. The van der Waals surface area contributed by atoms with E-state index >= 15 is 0 Å². The number of carbonyl (C=O) groups is 1. The summed E-state index contributed by atoms with van der Waals surface area (Å²) in [4.78, 5) is 10.9. The number of carboxylic acids is 1. The number of aromatic carboxylic acids is 1. The minimum Gasteiger partial charge on any atom is -0.507 e. The van der Waals surface area contributed by atoms with E-state index in [4.69, 9.17) is 5.11 Å². The van der Waals surface area contributed by atoms with Gasteiger partial charge in [0.2, 0.25) is 0 Å². The Morgan fingerprint density at radius 3 is 2.40 bits per heavy atom. The lowest BCUT2D eigenvalue weighted by atomic mass is 10.1. The summed E-state index contributed by atoms with van der Waals surface area (Å²) < 4.78 is 26.0. The van der Waals surface area contributed by atoms with Crippen molar-refractivity contribution in [2.24, 2.45) is 0 Å². The lowest BCUT2D eigenvalue weighted by Crippen LogP contribution is -2.04. The predicted molar refractivity (Wildman–Crippen MR) is 68.8 cm³/mol. The molecule has 0 atom stereocenters. The lowest BCUT2D eigenvalue weighted by molar-refractivity contribution is 0.0693. The van der Waals surface area contributed by atoms with Crippen molar-refractivity contribution in [2.75, 3.05) is 5.32 Å². The summed E-state index contributed by atoms with van der Waals surface area (Å²) in [6.45, 7) is 0.0375. The van der Waals surface area contributed by atoms with E-state index in [1.165, 1.54) is 18.2 Å². The molecular weight excluding hydrogens is 268 g/mol. The monoisotopic (exact) mass is 279 g/mol. The molecule has 0 fully saturated rings. The molecule has 0 radical (unpaired) electrons. The van der Waals surface area contributed by atoms with Crippen LogP contribution in [0.5, 0.6) is 5.75 Å². The fourth-order valence-electron chi connectivity index (χ4n) is 1.76. The van der Waals surface area contributed by atoms with E-state index in [9.17, 15) is 18.7 Å². The fraction of sp³-hybridized carbons (Fsp3) is 0.0714. The van der Waals surface area contributed by atoms with Gasteiger partial charge in [0, 0.05) is 23.9 Å². The minimum absolute atomic E-state index is 0.0375. The summed E-state index contributed by atoms with van der Waals surface area (Å²) in [5.74, 6) is -3.07. The van der Waals surface area contributed by atoms with Crippen LogP contribution in [-0.4, -0.2) is 16.2 Å². The van der Waals surface area contributed by atoms with E-state index in [-0.39, 0.29) is 23.5 Å².